The summed E-state index contributed by atoms with van der Waals surface area (Å²) in [6, 6.07) is 10.5. The van der Waals surface area contributed by atoms with Crippen LogP contribution in [0, 0.1) is 5.92 Å². The zero-order valence-electron chi connectivity index (χ0n) is 11.2. The van der Waals surface area contributed by atoms with Crippen molar-refractivity contribution in [3.8, 4) is 0 Å². The minimum atomic E-state index is -0.261. The second kappa shape index (κ2) is 4.43. The molecule has 94 valence electrons. The smallest absolute Gasteiger partial charge is 0.0752 e. The lowest BCUT2D eigenvalue weighted by Crippen LogP contribution is -2.49. The molecule has 0 heterocycles. The Labute approximate surface area is 104 Å². The lowest BCUT2D eigenvalue weighted by molar-refractivity contribution is 0.00213. The standard InChI is InChI=1S/C15H23NO/c1-15(2,16(3)4)14(17)13-10-12(13)11-8-6-5-7-9-11/h5-9,12-14,17H,10H2,1-4H3. The van der Waals surface area contributed by atoms with Crippen LogP contribution < -0.4 is 0 Å². The van der Waals surface area contributed by atoms with Gasteiger partial charge in [0.15, 0.2) is 0 Å². The average Bonchev–Trinajstić information content (AvgIpc) is 3.09. The second-order valence-corrected chi connectivity index (χ2v) is 5.91. The van der Waals surface area contributed by atoms with Gasteiger partial charge in [0.05, 0.1) is 6.10 Å². The van der Waals surface area contributed by atoms with E-state index in [1.807, 2.05) is 20.2 Å². The second-order valence-electron chi connectivity index (χ2n) is 5.91. The molecule has 17 heavy (non-hydrogen) atoms. The summed E-state index contributed by atoms with van der Waals surface area (Å²) in [5.41, 5.74) is 1.21. The van der Waals surface area contributed by atoms with Gasteiger partial charge in [-0.25, -0.2) is 0 Å². The fraction of sp³-hybridized carbons (Fsp3) is 0.600. The molecule has 0 radical (unpaired) electrons. The van der Waals surface area contributed by atoms with E-state index >= 15 is 0 Å². The monoisotopic (exact) mass is 233 g/mol. The van der Waals surface area contributed by atoms with Crippen molar-refractivity contribution in [1.29, 1.82) is 0 Å². The third-order valence-corrected chi connectivity index (χ3v) is 4.35. The molecular formula is C15H23NO. The molecule has 1 fully saturated rings. The number of hydrogen-bond acceptors (Lipinski definition) is 2. The van der Waals surface area contributed by atoms with Crippen LogP contribution in [0.1, 0.15) is 31.7 Å². The van der Waals surface area contributed by atoms with Crippen LogP contribution in [0.25, 0.3) is 0 Å². The molecule has 0 spiro atoms. The van der Waals surface area contributed by atoms with Gasteiger partial charge in [0.1, 0.15) is 0 Å². The molecular weight excluding hydrogens is 210 g/mol. The maximum absolute atomic E-state index is 10.5. The Morgan fingerprint density at radius 1 is 1.24 bits per heavy atom. The number of benzene rings is 1. The van der Waals surface area contributed by atoms with Crippen LogP contribution in [0.15, 0.2) is 30.3 Å². The van der Waals surface area contributed by atoms with Crippen molar-refractivity contribution in [1.82, 2.24) is 4.90 Å². The van der Waals surface area contributed by atoms with E-state index in [9.17, 15) is 5.11 Å². The van der Waals surface area contributed by atoms with Crippen LogP contribution in [0.3, 0.4) is 0 Å². The highest BCUT2D eigenvalue weighted by Gasteiger charge is 2.49. The number of aliphatic hydroxyl groups excluding tert-OH is 1. The molecule has 3 atom stereocenters. The van der Waals surface area contributed by atoms with E-state index in [1.165, 1.54) is 5.56 Å². The molecule has 0 bridgehead atoms. The van der Waals surface area contributed by atoms with E-state index in [1.54, 1.807) is 0 Å². The van der Waals surface area contributed by atoms with Crippen LogP contribution in [0.5, 0.6) is 0 Å². The summed E-state index contributed by atoms with van der Waals surface area (Å²) in [4.78, 5) is 2.11. The summed E-state index contributed by atoms with van der Waals surface area (Å²) in [5.74, 6) is 0.959. The number of rotatable bonds is 4. The Morgan fingerprint density at radius 3 is 2.35 bits per heavy atom. The van der Waals surface area contributed by atoms with E-state index in [4.69, 9.17) is 0 Å². The van der Waals surface area contributed by atoms with Crippen molar-refractivity contribution >= 4 is 0 Å². The van der Waals surface area contributed by atoms with E-state index in [2.05, 4.69) is 43.0 Å². The highest BCUT2D eigenvalue weighted by molar-refractivity contribution is 5.27. The topological polar surface area (TPSA) is 23.5 Å². The summed E-state index contributed by atoms with van der Waals surface area (Å²) in [5, 5.41) is 10.5. The Kier molecular flexibility index (Phi) is 3.28. The SMILES string of the molecule is CN(C)C(C)(C)C(O)C1CC1c1ccccc1. The average molecular weight is 233 g/mol. The van der Waals surface area contributed by atoms with Crippen molar-refractivity contribution in [2.75, 3.05) is 14.1 Å². The molecule has 3 unspecified atom stereocenters. The summed E-state index contributed by atoms with van der Waals surface area (Å²) >= 11 is 0. The van der Waals surface area contributed by atoms with Crippen molar-refractivity contribution in [3.63, 3.8) is 0 Å². The fourth-order valence-electron chi connectivity index (χ4n) is 2.44. The molecule has 0 aromatic heterocycles. The van der Waals surface area contributed by atoms with E-state index < -0.39 is 0 Å². The van der Waals surface area contributed by atoms with Crippen molar-refractivity contribution in [2.45, 2.75) is 37.8 Å². The largest absolute Gasteiger partial charge is 0.391 e. The molecule has 1 aliphatic carbocycles. The number of likely N-dealkylation sites (N-methyl/N-ethyl adjacent to an activating group) is 1. The zero-order valence-corrected chi connectivity index (χ0v) is 11.2. The summed E-state index contributed by atoms with van der Waals surface area (Å²) in [6.45, 7) is 4.22. The third-order valence-electron chi connectivity index (χ3n) is 4.35. The lowest BCUT2D eigenvalue weighted by Gasteiger charge is -2.37. The Morgan fingerprint density at radius 2 is 1.82 bits per heavy atom. The summed E-state index contributed by atoms with van der Waals surface area (Å²) in [7, 11) is 4.06. The van der Waals surface area contributed by atoms with Gasteiger partial charge >= 0.3 is 0 Å². The molecule has 1 aromatic carbocycles. The quantitative estimate of drug-likeness (QED) is 0.863. The Balaban J connectivity index is 2.04. The third kappa shape index (κ3) is 2.38. The first-order valence-electron chi connectivity index (χ1n) is 6.35. The van der Waals surface area contributed by atoms with Gasteiger partial charge in [-0.05, 0) is 51.8 Å². The molecule has 1 N–H and O–H groups in total. The molecule has 2 nitrogen and oxygen atoms in total. The first-order valence-corrected chi connectivity index (χ1v) is 6.35. The zero-order chi connectivity index (χ0) is 12.6. The first kappa shape index (κ1) is 12.6. The van der Waals surface area contributed by atoms with Gasteiger partial charge in [0, 0.05) is 5.54 Å². The molecule has 1 aliphatic rings. The first-order chi connectivity index (χ1) is 7.94. The van der Waals surface area contributed by atoms with Crippen LogP contribution in [0.4, 0.5) is 0 Å². The van der Waals surface area contributed by atoms with Gasteiger partial charge in [0.2, 0.25) is 0 Å². The summed E-state index contributed by atoms with van der Waals surface area (Å²) in [6.07, 6.45) is 0.852. The van der Waals surface area contributed by atoms with Gasteiger partial charge < -0.3 is 10.0 Å². The number of aliphatic hydroxyl groups is 1. The maximum atomic E-state index is 10.5. The van der Waals surface area contributed by atoms with E-state index in [0.29, 0.717) is 11.8 Å². The highest BCUT2D eigenvalue weighted by Crippen LogP contribution is 2.51. The van der Waals surface area contributed by atoms with Gasteiger partial charge in [0.25, 0.3) is 0 Å². The molecule has 0 saturated heterocycles. The molecule has 2 heteroatoms. The van der Waals surface area contributed by atoms with Crippen LogP contribution in [0.2, 0.25) is 0 Å². The lowest BCUT2D eigenvalue weighted by atomic mass is 9.90. The van der Waals surface area contributed by atoms with Crippen LogP contribution in [-0.4, -0.2) is 35.7 Å². The molecule has 0 amide bonds. The predicted molar refractivity (Wildman–Crippen MR) is 71.1 cm³/mol. The van der Waals surface area contributed by atoms with Crippen LogP contribution in [-0.2, 0) is 0 Å². The molecule has 1 saturated carbocycles. The molecule has 2 rings (SSSR count). The Bertz CT molecular complexity index is 372. The molecule has 1 aromatic rings. The predicted octanol–water partition coefficient (Wildman–Crippen LogP) is 2.49. The van der Waals surface area contributed by atoms with E-state index in [-0.39, 0.29) is 11.6 Å². The van der Waals surface area contributed by atoms with E-state index in [0.717, 1.165) is 6.42 Å². The maximum Gasteiger partial charge on any atom is 0.0752 e. The Hall–Kier alpha value is -0.860. The van der Waals surface area contributed by atoms with Gasteiger partial charge in [-0.1, -0.05) is 30.3 Å². The van der Waals surface area contributed by atoms with Crippen molar-refractivity contribution in [3.05, 3.63) is 35.9 Å². The molecule has 0 aliphatic heterocycles. The number of hydrogen-bond donors (Lipinski definition) is 1. The van der Waals surface area contributed by atoms with Gasteiger partial charge in [-0.3, -0.25) is 0 Å². The summed E-state index contributed by atoms with van der Waals surface area (Å²) < 4.78 is 0. The van der Waals surface area contributed by atoms with Crippen molar-refractivity contribution < 1.29 is 5.11 Å². The minimum Gasteiger partial charge on any atom is -0.391 e. The number of nitrogens with zero attached hydrogens (tertiary/aromatic N) is 1. The van der Waals surface area contributed by atoms with Crippen LogP contribution >= 0.6 is 0 Å². The minimum absolute atomic E-state index is 0.159. The highest BCUT2D eigenvalue weighted by atomic mass is 16.3. The fourth-order valence-corrected chi connectivity index (χ4v) is 2.44. The van der Waals surface area contributed by atoms with Gasteiger partial charge in [-0.15, -0.1) is 0 Å². The van der Waals surface area contributed by atoms with Crippen molar-refractivity contribution in [2.24, 2.45) is 5.92 Å². The van der Waals surface area contributed by atoms with Gasteiger partial charge in [-0.2, -0.15) is 0 Å². The normalized spacial score (nSPS) is 26.0.